The molecule has 0 atom stereocenters. The zero-order chi connectivity index (χ0) is 14.5. The molecule has 5 nitrogen and oxygen atoms in total. The molecule has 0 aromatic heterocycles. The lowest BCUT2D eigenvalue weighted by atomic mass is 10.2. The van der Waals surface area contributed by atoms with Gasteiger partial charge in [0.2, 0.25) is 0 Å². The highest BCUT2D eigenvalue weighted by atomic mass is 32.2. The Labute approximate surface area is 113 Å². The fourth-order valence-corrected chi connectivity index (χ4v) is 2.12. The molecule has 19 heavy (non-hydrogen) atoms. The number of amides is 1. The summed E-state index contributed by atoms with van der Waals surface area (Å²) in [7, 11) is -3.39. The van der Waals surface area contributed by atoms with E-state index in [1.807, 2.05) is 0 Å². The van der Waals surface area contributed by atoms with Crippen LogP contribution in [0.2, 0.25) is 0 Å². The Morgan fingerprint density at radius 2 is 2.05 bits per heavy atom. The van der Waals surface area contributed by atoms with Crippen LogP contribution in [-0.4, -0.2) is 27.1 Å². The Kier molecular flexibility index (Phi) is 4.95. The molecule has 1 aromatic rings. The van der Waals surface area contributed by atoms with Gasteiger partial charge in [0.15, 0.2) is 9.84 Å². The van der Waals surface area contributed by atoms with Crippen LogP contribution in [0.1, 0.15) is 23.7 Å². The second-order valence-electron chi connectivity index (χ2n) is 4.00. The molecule has 1 amide bonds. The van der Waals surface area contributed by atoms with Crippen LogP contribution >= 0.6 is 0 Å². The summed E-state index contributed by atoms with van der Waals surface area (Å²) in [6.07, 6.45) is 1.61. The highest BCUT2D eigenvalue weighted by molar-refractivity contribution is 7.90. The molecule has 0 saturated heterocycles. The van der Waals surface area contributed by atoms with E-state index in [1.54, 1.807) is 6.92 Å². The van der Waals surface area contributed by atoms with E-state index in [0.29, 0.717) is 13.0 Å². The lowest BCUT2D eigenvalue weighted by Crippen LogP contribution is -2.24. The molecule has 0 radical (unpaired) electrons. The van der Waals surface area contributed by atoms with Crippen LogP contribution in [-0.2, 0) is 9.84 Å². The topological polar surface area (TPSA) is 89.3 Å². The third-order valence-electron chi connectivity index (χ3n) is 2.33. The Morgan fingerprint density at radius 1 is 1.37 bits per heavy atom. The minimum absolute atomic E-state index is 0.0333. The van der Waals surface area contributed by atoms with Gasteiger partial charge < -0.3 is 11.1 Å². The van der Waals surface area contributed by atoms with Crippen LogP contribution < -0.4 is 11.1 Å². The lowest BCUT2D eigenvalue weighted by molar-refractivity contribution is 0.0954. The molecule has 0 bridgehead atoms. The third-order valence-corrected chi connectivity index (χ3v) is 3.42. The molecule has 0 fully saturated rings. The summed E-state index contributed by atoms with van der Waals surface area (Å²) in [6, 6.07) is 4.08. The van der Waals surface area contributed by atoms with Gasteiger partial charge in [0, 0.05) is 30.5 Å². The summed E-state index contributed by atoms with van der Waals surface area (Å²) >= 11 is 0. The maximum atomic E-state index is 11.8. The molecule has 3 N–H and O–H groups in total. The third kappa shape index (κ3) is 4.64. The average molecular weight is 280 g/mol. The second kappa shape index (κ2) is 6.25. The molecular weight excluding hydrogens is 264 g/mol. The van der Waals surface area contributed by atoms with E-state index in [2.05, 4.69) is 17.2 Å². The fourth-order valence-electron chi connectivity index (χ4n) is 1.43. The van der Waals surface area contributed by atoms with Crippen molar-refractivity contribution in [3.63, 3.8) is 0 Å². The minimum Gasteiger partial charge on any atom is -0.399 e. The zero-order valence-corrected chi connectivity index (χ0v) is 11.7. The van der Waals surface area contributed by atoms with Crippen molar-refractivity contribution >= 4 is 21.4 Å². The van der Waals surface area contributed by atoms with E-state index < -0.39 is 9.84 Å². The van der Waals surface area contributed by atoms with Gasteiger partial charge in [0.25, 0.3) is 5.91 Å². The van der Waals surface area contributed by atoms with Crippen molar-refractivity contribution in [1.82, 2.24) is 5.32 Å². The molecular formula is C13H16N2O3S. The van der Waals surface area contributed by atoms with Gasteiger partial charge in [0.05, 0.1) is 4.90 Å². The molecule has 0 aliphatic heterocycles. The van der Waals surface area contributed by atoms with E-state index in [4.69, 9.17) is 5.73 Å². The summed E-state index contributed by atoms with van der Waals surface area (Å²) < 4.78 is 22.9. The standard InChI is InChI=1S/C13H16N2O3S/c1-3-4-5-6-15-13(16)10-7-11(14)9-12(8-10)19(2,17)18/h7-9H,5-6,14H2,1-2H3,(H,15,16). The lowest BCUT2D eigenvalue weighted by Gasteiger charge is -2.06. The molecule has 0 spiro atoms. The maximum Gasteiger partial charge on any atom is 0.251 e. The van der Waals surface area contributed by atoms with Gasteiger partial charge in [-0.2, -0.15) is 0 Å². The van der Waals surface area contributed by atoms with Gasteiger partial charge in [-0.1, -0.05) is 0 Å². The van der Waals surface area contributed by atoms with Crippen LogP contribution in [0.3, 0.4) is 0 Å². The second-order valence-corrected chi connectivity index (χ2v) is 6.01. The van der Waals surface area contributed by atoms with Crippen LogP contribution in [0.25, 0.3) is 0 Å². The Hall–Kier alpha value is -2.00. The van der Waals surface area contributed by atoms with Crippen LogP contribution in [0.15, 0.2) is 23.1 Å². The number of carbonyl (C=O) groups is 1. The average Bonchev–Trinajstić information content (AvgIpc) is 2.32. The number of nitrogens with one attached hydrogen (secondary N) is 1. The number of nitrogen functional groups attached to an aromatic ring is 1. The van der Waals surface area contributed by atoms with Crippen molar-refractivity contribution in [1.29, 1.82) is 0 Å². The van der Waals surface area contributed by atoms with Crippen molar-refractivity contribution in [2.75, 3.05) is 18.5 Å². The van der Waals surface area contributed by atoms with E-state index >= 15 is 0 Å². The van der Waals surface area contributed by atoms with Gasteiger partial charge in [-0.25, -0.2) is 8.42 Å². The summed E-state index contributed by atoms with van der Waals surface area (Å²) in [5.41, 5.74) is 6.07. The summed E-state index contributed by atoms with van der Waals surface area (Å²) in [4.78, 5) is 11.9. The van der Waals surface area contributed by atoms with E-state index in [1.165, 1.54) is 18.2 Å². The highest BCUT2D eigenvalue weighted by Gasteiger charge is 2.13. The Balaban J connectivity index is 2.91. The first-order valence-corrected chi connectivity index (χ1v) is 7.52. The molecule has 1 aromatic carbocycles. The minimum atomic E-state index is -3.39. The number of hydrogen-bond acceptors (Lipinski definition) is 4. The van der Waals surface area contributed by atoms with Gasteiger partial charge in [-0.3, -0.25) is 4.79 Å². The number of carbonyl (C=O) groups excluding carboxylic acids is 1. The first-order valence-electron chi connectivity index (χ1n) is 5.63. The largest absolute Gasteiger partial charge is 0.399 e. The van der Waals surface area contributed by atoms with Crippen LogP contribution in [0.4, 0.5) is 5.69 Å². The van der Waals surface area contributed by atoms with E-state index in [9.17, 15) is 13.2 Å². The van der Waals surface area contributed by atoms with E-state index in [0.717, 1.165) is 6.26 Å². The monoisotopic (exact) mass is 280 g/mol. The fraction of sp³-hybridized carbons (Fsp3) is 0.308. The Morgan fingerprint density at radius 3 is 2.63 bits per heavy atom. The number of benzene rings is 1. The summed E-state index contributed by atoms with van der Waals surface area (Å²) in [5.74, 6) is 5.17. The van der Waals surface area contributed by atoms with Crippen molar-refractivity contribution in [3.05, 3.63) is 23.8 Å². The molecule has 0 aliphatic carbocycles. The predicted molar refractivity (Wildman–Crippen MR) is 74.4 cm³/mol. The summed E-state index contributed by atoms with van der Waals surface area (Å²) in [5, 5.41) is 2.65. The molecule has 0 saturated carbocycles. The SMILES string of the molecule is CC#CCCNC(=O)c1cc(N)cc(S(C)(=O)=O)c1. The molecule has 0 heterocycles. The van der Waals surface area contributed by atoms with Gasteiger partial charge in [-0.15, -0.1) is 11.8 Å². The first kappa shape index (κ1) is 15.1. The number of anilines is 1. The van der Waals surface area contributed by atoms with Crippen molar-refractivity contribution in [2.45, 2.75) is 18.2 Å². The normalized spacial score (nSPS) is 10.4. The molecule has 0 aliphatic rings. The highest BCUT2D eigenvalue weighted by Crippen LogP contribution is 2.16. The van der Waals surface area contributed by atoms with Crippen molar-refractivity contribution in [2.24, 2.45) is 0 Å². The van der Waals surface area contributed by atoms with Gasteiger partial charge in [-0.05, 0) is 25.1 Å². The number of rotatable bonds is 4. The number of nitrogens with two attached hydrogens (primary N) is 1. The van der Waals surface area contributed by atoms with Gasteiger partial charge >= 0.3 is 0 Å². The van der Waals surface area contributed by atoms with Crippen LogP contribution in [0, 0.1) is 11.8 Å². The van der Waals surface area contributed by atoms with E-state index in [-0.39, 0.29) is 22.1 Å². The number of hydrogen-bond donors (Lipinski definition) is 2. The zero-order valence-electron chi connectivity index (χ0n) is 10.9. The molecule has 0 unspecified atom stereocenters. The quantitative estimate of drug-likeness (QED) is 0.485. The number of sulfone groups is 1. The van der Waals surface area contributed by atoms with Crippen molar-refractivity contribution in [3.8, 4) is 11.8 Å². The first-order chi connectivity index (χ1) is 8.84. The predicted octanol–water partition coefficient (Wildman–Crippen LogP) is 0.816. The molecule has 1 rings (SSSR count). The maximum absolute atomic E-state index is 11.8. The molecule has 102 valence electrons. The smallest absolute Gasteiger partial charge is 0.251 e. The van der Waals surface area contributed by atoms with Crippen LogP contribution in [0.5, 0.6) is 0 Å². The van der Waals surface area contributed by atoms with Crippen molar-refractivity contribution < 1.29 is 13.2 Å². The Bertz CT molecular complexity index is 640. The summed E-state index contributed by atoms with van der Waals surface area (Å²) in [6.45, 7) is 2.13. The van der Waals surface area contributed by atoms with Gasteiger partial charge in [0.1, 0.15) is 0 Å². The molecule has 6 heteroatoms.